The average molecular weight is 740 g/mol. The Morgan fingerprint density at radius 2 is 0.793 bits per heavy atom. The SMILES string of the molecule is c1ccc(-c2c(-c3ccccc3)c3cc(-c4ccc(N(c5ccccc5)c5cccc(-c6cccc7c6oc6ccccc67)c5)cc4)ccc3c3ccccc23)cc1. The summed E-state index contributed by atoms with van der Waals surface area (Å²) < 4.78 is 6.46. The summed E-state index contributed by atoms with van der Waals surface area (Å²) in [6.07, 6.45) is 0. The largest absolute Gasteiger partial charge is 0.455 e. The van der Waals surface area contributed by atoms with Crippen molar-refractivity contribution in [1.29, 1.82) is 0 Å². The zero-order chi connectivity index (χ0) is 38.4. The van der Waals surface area contributed by atoms with Gasteiger partial charge < -0.3 is 9.32 Å². The Kier molecular flexibility index (Phi) is 8.19. The Balaban J connectivity index is 1.04. The molecule has 0 fully saturated rings. The highest BCUT2D eigenvalue weighted by atomic mass is 16.3. The molecule has 0 aliphatic heterocycles. The third-order valence-electron chi connectivity index (χ3n) is 11.4. The molecule has 0 radical (unpaired) electrons. The van der Waals surface area contributed by atoms with E-state index >= 15 is 0 Å². The van der Waals surface area contributed by atoms with Gasteiger partial charge in [0.25, 0.3) is 0 Å². The van der Waals surface area contributed by atoms with Crippen molar-refractivity contribution in [2.24, 2.45) is 0 Å². The van der Waals surface area contributed by atoms with E-state index < -0.39 is 0 Å². The van der Waals surface area contributed by atoms with Crippen molar-refractivity contribution in [3.05, 3.63) is 224 Å². The van der Waals surface area contributed by atoms with Gasteiger partial charge >= 0.3 is 0 Å². The standard InChI is InChI=1S/C56H37NO/c1-4-16-39(17-5-1)54-50-26-11-10-24-47(50)48-35-32-41(37-52(48)55(54)40-18-6-2-7-19-40)38-30-33-44(34-31-38)57(43-21-8-3-9-22-43)45-23-14-20-42(36-45)46-27-15-28-51-49-25-12-13-29-53(49)58-56(46)51/h1-37H. The van der Waals surface area contributed by atoms with Gasteiger partial charge in [-0.3, -0.25) is 0 Å². The molecule has 0 amide bonds. The van der Waals surface area contributed by atoms with Crippen LogP contribution >= 0.6 is 0 Å². The summed E-state index contributed by atoms with van der Waals surface area (Å²) in [5.41, 5.74) is 14.5. The van der Waals surface area contributed by atoms with Crippen molar-refractivity contribution in [3.63, 3.8) is 0 Å². The number of fused-ring (bicyclic) bond motifs is 6. The van der Waals surface area contributed by atoms with E-state index in [9.17, 15) is 0 Å². The van der Waals surface area contributed by atoms with Gasteiger partial charge in [-0.15, -0.1) is 0 Å². The third-order valence-corrected chi connectivity index (χ3v) is 11.4. The predicted molar refractivity (Wildman–Crippen MR) is 245 cm³/mol. The molecule has 11 aromatic rings. The number of nitrogens with zero attached hydrogens (tertiary/aromatic N) is 1. The van der Waals surface area contributed by atoms with E-state index in [2.05, 4.69) is 217 Å². The molecule has 2 heteroatoms. The van der Waals surface area contributed by atoms with Crippen molar-refractivity contribution in [2.75, 3.05) is 4.90 Å². The number of anilines is 3. The number of para-hydroxylation sites is 3. The molecule has 0 aliphatic carbocycles. The van der Waals surface area contributed by atoms with Gasteiger partial charge in [-0.05, 0) is 109 Å². The predicted octanol–water partition coefficient (Wildman–Crippen LogP) is 16.0. The van der Waals surface area contributed by atoms with Gasteiger partial charge in [0.2, 0.25) is 0 Å². The summed E-state index contributed by atoms with van der Waals surface area (Å²) in [6.45, 7) is 0. The second kappa shape index (κ2) is 14.1. The molecular weight excluding hydrogens is 703 g/mol. The van der Waals surface area contributed by atoms with Gasteiger partial charge in [-0.2, -0.15) is 0 Å². The number of hydrogen-bond donors (Lipinski definition) is 0. The number of hydrogen-bond acceptors (Lipinski definition) is 2. The van der Waals surface area contributed by atoms with E-state index in [1.165, 1.54) is 49.4 Å². The highest BCUT2D eigenvalue weighted by Gasteiger charge is 2.19. The first-order chi connectivity index (χ1) is 28.8. The molecule has 0 atom stereocenters. The summed E-state index contributed by atoms with van der Waals surface area (Å²) in [5.74, 6) is 0. The van der Waals surface area contributed by atoms with E-state index in [1.807, 2.05) is 12.1 Å². The molecule has 0 unspecified atom stereocenters. The fourth-order valence-electron chi connectivity index (χ4n) is 8.79. The molecule has 0 aliphatic rings. The molecule has 11 rings (SSSR count). The van der Waals surface area contributed by atoms with Crippen LogP contribution in [0.5, 0.6) is 0 Å². The van der Waals surface area contributed by atoms with E-state index in [0.29, 0.717) is 0 Å². The summed E-state index contributed by atoms with van der Waals surface area (Å²) >= 11 is 0. The molecule has 272 valence electrons. The smallest absolute Gasteiger partial charge is 0.143 e. The van der Waals surface area contributed by atoms with Crippen LogP contribution in [0.4, 0.5) is 17.1 Å². The van der Waals surface area contributed by atoms with Gasteiger partial charge in [-0.25, -0.2) is 0 Å². The van der Waals surface area contributed by atoms with Crippen LogP contribution in [0.3, 0.4) is 0 Å². The average Bonchev–Trinajstić information content (AvgIpc) is 3.69. The highest BCUT2D eigenvalue weighted by Crippen LogP contribution is 2.46. The zero-order valence-electron chi connectivity index (χ0n) is 31.7. The first-order valence-electron chi connectivity index (χ1n) is 19.8. The van der Waals surface area contributed by atoms with Crippen LogP contribution in [-0.2, 0) is 0 Å². The molecule has 2 nitrogen and oxygen atoms in total. The number of furan rings is 1. The lowest BCUT2D eigenvalue weighted by Crippen LogP contribution is -2.09. The van der Waals surface area contributed by atoms with Gasteiger partial charge in [0.05, 0.1) is 0 Å². The second-order valence-electron chi connectivity index (χ2n) is 14.8. The number of rotatable bonds is 7. The van der Waals surface area contributed by atoms with E-state index in [0.717, 1.165) is 55.7 Å². The Morgan fingerprint density at radius 1 is 0.276 bits per heavy atom. The molecule has 1 aromatic heterocycles. The lowest BCUT2D eigenvalue weighted by molar-refractivity contribution is 0.670. The molecule has 0 saturated carbocycles. The van der Waals surface area contributed by atoms with E-state index in [4.69, 9.17) is 4.42 Å². The zero-order valence-corrected chi connectivity index (χ0v) is 31.7. The van der Waals surface area contributed by atoms with Crippen LogP contribution in [-0.4, -0.2) is 0 Å². The van der Waals surface area contributed by atoms with Crippen molar-refractivity contribution in [3.8, 4) is 44.5 Å². The normalized spacial score (nSPS) is 11.4. The molecule has 1 heterocycles. The van der Waals surface area contributed by atoms with Crippen LogP contribution in [0.25, 0.3) is 88.0 Å². The van der Waals surface area contributed by atoms with Crippen molar-refractivity contribution < 1.29 is 4.42 Å². The molecular formula is C56H37NO. The Bertz CT molecular complexity index is 3260. The van der Waals surface area contributed by atoms with Crippen LogP contribution in [0.15, 0.2) is 229 Å². The van der Waals surface area contributed by atoms with Gasteiger partial charge in [-0.1, -0.05) is 176 Å². The summed E-state index contributed by atoms with van der Waals surface area (Å²) in [7, 11) is 0. The highest BCUT2D eigenvalue weighted by molar-refractivity contribution is 6.22. The lowest BCUT2D eigenvalue weighted by Gasteiger charge is -2.26. The van der Waals surface area contributed by atoms with Gasteiger partial charge in [0.15, 0.2) is 0 Å². The third kappa shape index (κ3) is 5.74. The Hall–Kier alpha value is -7.68. The van der Waals surface area contributed by atoms with Crippen LogP contribution < -0.4 is 4.90 Å². The first-order valence-corrected chi connectivity index (χ1v) is 19.8. The van der Waals surface area contributed by atoms with Crippen molar-refractivity contribution in [2.45, 2.75) is 0 Å². The maximum absolute atomic E-state index is 6.46. The summed E-state index contributed by atoms with van der Waals surface area (Å²) in [6, 6.07) is 80.6. The molecule has 10 aromatic carbocycles. The maximum Gasteiger partial charge on any atom is 0.143 e. The second-order valence-corrected chi connectivity index (χ2v) is 14.8. The Labute approximate surface area is 337 Å². The van der Waals surface area contributed by atoms with Crippen LogP contribution in [0.1, 0.15) is 0 Å². The molecule has 0 spiro atoms. The minimum atomic E-state index is 0.903. The van der Waals surface area contributed by atoms with E-state index in [1.54, 1.807) is 0 Å². The van der Waals surface area contributed by atoms with Gasteiger partial charge in [0, 0.05) is 33.4 Å². The van der Waals surface area contributed by atoms with Crippen molar-refractivity contribution in [1.82, 2.24) is 0 Å². The summed E-state index contributed by atoms with van der Waals surface area (Å²) in [5, 5.41) is 7.28. The topological polar surface area (TPSA) is 16.4 Å². The lowest BCUT2D eigenvalue weighted by atomic mass is 9.84. The fraction of sp³-hybridized carbons (Fsp3) is 0. The minimum Gasteiger partial charge on any atom is -0.455 e. The fourth-order valence-corrected chi connectivity index (χ4v) is 8.79. The Morgan fingerprint density at radius 3 is 1.53 bits per heavy atom. The summed E-state index contributed by atoms with van der Waals surface area (Å²) in [4.78, 5) is 2.33. The molecule has 0 bridgehead atoms. The monoisotopic (exact) mass is 739 g/mol. The number of benzene rings is 10. The molecule has 0 saturated heterocycles. The van der Waals surface area contributed by atoms with Crippen molar-refractivity contribution >= 4 is 60.5 Å². The maximum atomic E-state index is 6.46. The molecule has 0 N–H and O–H groups in total. The van der Waals surface area contributed by atoms with Crippen LogP contribution in [0, 0.1) is 0 Å². The quantitative estimate of drug-likeness (QED) is 0.151. The minimum absolute atomic E-state index is 0.903. The van der Waals surface area contributed by atoms with Gasteiger partial charge in [0.1, 0.15) is 11.2 Å². The van der Waals surface area contributed by atoms with E-state index in [-0.39, 0.29) is 0 Å². The first kappa shape index (κ1) is 33.6. The van der Waals surface area contributed by atoms with Crippen LogP contribution in [0.2, 0.25) is 0 Å². The molecule has 58 heavy (non-hydrogen) atoms.